The molecule has 28 heavy (non-hydrogen) atoms. The monoisotopic (exact) mass is 420 g/mol. The van der Waals surface area contributed by atoms with E-state index in [-0.39, 0.29) is 17.1 Å². The number of halogens is 2. The molecule has 0 saturated carbocycles. The summed E-state index contributed by atoms with van der Waals surface area (Å²) in [6.07, 6.45) is 0. The van der Waals surface area contributed by atoms with Crippen molar-refractivity contribution in [2.24, 2.45) is 0 Å². The Morgan fingerprint density at radius 2 is 2.04 bits per heavy atom. The summed E-state index contributed by atoms with van der Waals surface area (Å²) >= 11 is 7.48. The molecular weight excluding hydrogens is 403 g/mol. The van der Waals surface area contributed by atoms with Gasteiger partial charge in [-0.3, -0.25) is 9.36 Å². The Labute approximate surface area is 171 Å². The summed E-state index contributed by atoms with van der Waals surface area (Å²) in [7, 11) is 1.58. The van der Waals surface area contributed by atoms with Gasteiger partial charge in [-0.05, 0) is 30.0 Å². The average Bonchev–Trinajstić information content (AvgIpc) is 3.09. The van der Waals surface area contributed by atoms with Gasteiger partial charge in [0.2, 0.25) is 0 Å². The van der Waals surface area contributed by atoms with Crippen LogP contribution in [0.2, 0.25) is 5.02 Å². The number of nitrogens with zero attached hydrogens (tertiary/aromatic N) is 3. The molecule has 1 N–H and O–H groups in total. The zero-order valence-corrected chi connectivity index (χ0v) is 16.9. The number of nitrogens with one attached hydrogen (secondary N) is 1. The van der Waals surface area contributed by atoms with Crippen molar-refractivity contribution in [2.75, 3.05) is 12.9 Å². The van der Waals surface area contributed by atoms with Crippen LogP contribution in [0.4, 0.5) is 4.39 Å². The van der Waals surface area contributed by atoms with Gasteiger partial charge in [0, 0.05) is 0 Å². The molecule has 3 rings (SSSR count). The van der Waals surface area contributed by atoms with Gasteiger partial charge in [-0.15, -0.1) is 10.2 Å². The minimum absolute atomic E-state index is 0.0405. The van der Waals surface area contributed by atoms with Crippen LogP contribution < -0.4 is 10.1 Å². The number of ether oxygens (including phenoxy) is 1. The fourth-order valence-electron chi connectivity index (χ4n) is 2.66. The molecule has 0 aliphatic carbocycles. The number of methoxy groups -OCH3 is 1. The Hall–Kier alpha value is -2.58. The number of carbonyl (C=O) groups excluding carboxylic acids is 1. The highest BCUT2D eigenvalue weighted by Gasteiger charge is 2.20. The summed E-state index contributed by atoms with van der Waals surface area (Å²) in [5.74, 6) is 0.622. The lowest BCUT2D eigenvalue weighted by Gasteiger charge is -2.14. The van der Waals surface area contributed by atoms with Gasteiger partial charge in [0.1, 0.15) is 11.6 Å². The maximum Gasteiger partial charge on any atom is 0.256 e. The van der Waals surface area contributed by atoms with Gasteiger partial charge in [0.15, 0.2) is 11.0 Å². The average molecular weight is 421 g/mol. The SMILES string of the molecule is CCSc1nnc(CNC(=O)c2c(F)cccc2Cl)n1-c1ccccc1OC. The van der Waals surface area contributed by atoms with Crippen molar-refractivity contribution in [3.05, 3.63) is 64.7 Å². The third-order valence-corrected chi connectivity index (χ3v) is 5.02. The molecule has 1 amide bonds. The molecule has 0 unspecified atom stereocenters. The van der Waals surface area contributed by atoms with Crippen LogP contribution in [0.15, 0.2) is 47.6 Å². The Kier molecular flexibility index (Phi) is 6.53. The first-order valence-corrected chi connectivity index (χ1v) is 9.85. The fourth-order valence-corrected chi connectivity index (χ4v) is 3.59. The molecule has 0 spiro atoms. The molecule has 0 atom stereocenters. The number of amides is 1. The normalized spacial score (nSPS) is 10.7. The van der Waals surface area contributed by atoms with Crippen LogP contribution in [0.5, 0.6) is 5.75 Å². The van der Waals surface area contributed by atoms with Crippen LogP contribution in [-0.4, -0.2) is 33.5 Å². The minimum Gasteiger partial charge on any atom is -0.495 e. The lowest BCUT2D eigenvalue weighted by Crippen LogP contribution is -2.26. The summed E-state index contributed by atoms with van der Waals surface area (Å²) in [5, 5.41) is 11.8. The Balaban J connectivity index is 1.92. The van der Waals surface area contributed by atoms with Gasteiger partial charge in [-0.25, -0.2) is 4.39 Å². The third-order valence-electron chi connectivity index (χ3n) is 3.90. The molecule has 146 valence electrons. The molecule has 0 radical (unpaired) electrons. The summed E-state index contributed by atoms with van der Waals surface area (Å²) < 4.78 is 21.2. The molecule has 0 aliphatic heterocycles. The summed E-state index contributed by atoms with van der Waals surface area (Å²) in [6.45, 7) is 2.05. The summed E-state index contributed by atoms with van der Waals surface area (Å²) in [4.78, 5) is 12.4. The van der Waals surface area contributed by atoms with Gasteiger partial charge in [0.25, 0.3) is 5.91 Å². The van der Waals surface area contributed by atoms with Crippen LogP contribution in [0.1, 0.15) is 23.1 Å². The standard InChI is InChI=1S/C19H18ClFN4O2S/c1-3-28-19-24-23-16(25(19)14-9-4-5-10-15(14)27-2)11-22-18(26)17-12(20)7-6-8-13(17)21/h4-10H,3,11H2,1-2H3,(H,22,26). The van der Waals surface area contributed by atoms with Gasteiger partial charge >= 0.3 is 0 Å². The largest absolute Gasteiger partial charge is 0.495 e. The highest BCUT2D eigenvalue weighted by Crippen LogP contribution is 2.28. The zero-order chi connectivity index (χ0) is 20.1. The lowest BCUT2D eigenvalue weighted by atomic mass is 10.2. The van der Waals surface area contributed by atoms with E-state index in [1.165, 1.54) is 30.0 Å². The number of benzene rings is 2. The van der Waals surface area contributed by atoms with Crippen LogP contribution in [0, 0.1) is 5.82 Å². The smallest absolute Gasteiger partial charge is 0.256 e. The number of para-hydroxylation sites is 2. The molecule has 6 nitrogen and oxygen atoms in total. The van der Waals surface area contributed by atoms with E-state index >= 15 is 0 Å². The van der Waals surface area contributed by atoms with E-state index in [1.807, 2.05) is 35.8 Å². The minimum atomic E-state index is -0.682. The van der Waals surface area contributed by atoms with Crippen molar-refractivity contribution >= 4 is 29.3 Å². The van der Waals surface area contributed by atoms with E-state index in [2.05, 4.69) is 15.5 Å². The topological polar surface area (TPSA) is 69.0 Å². The predicted molar refractivity (Wildman–Crippen MR) is 107 cm³/mol. The molecule has 3 aromatic rings. The quantitative estimate of drug-likeness (QED) is 0.582. The maximum atomic E-state index is 14.0. The van der Waals surface area contributed by atoms with E-state index in [1.54, 1.807) is 7.11 Å². The van der Waals surface area contributed by atoms with E-state index in [4.69, 9.17) is 16.3 Å². The molecule has 0 saturated heterocycles. The fraction of sp³-hybridized carbons (Fsp3) is 0.211. The van der Waals surface area contributed by atoms with E-state index in [9.17, 15) is 9.18 Å². The lowest BCUT2D eigenvalue weighted by molar-refractivity contribution is 0.0946. The van der Waals surface area contributed by atoms with Gasteiger partial charge in [0.05, 0.1) is 29.9 Å². The molecule has 0 aliphatic rings. The van der Waals surface area contributed by atoms with Crippen molar-refractivity contribution in [1.82, 2.24) is 20.1 Å². The van der Waals surface area contributed by atoms with Gasteiger partial charge in [-0.1, -0.05) is 48.5 Å². The van der Waals surface area contributed by atoms with E-state index in [0.29, 0.717) is 16.7 Å². The highest BCUT2D eigenvalue weighted by molar-refractivity contribution is 7.99. The van der Waals surface area contributed by atoms with E-state index in [0.717, 1.165) is 11.4 Å². The van der Waals surface area contributed by atoms with Crippen LogP contribution in [-0.2, 0) is 6.54 Å². The second-order valence-corrected chi connectivity index (χ2v) is 7.26. The molecule has 0 fully saturated rings. The van der Waals surface area contributed by atoms with Crippen molar-refractivity contribution in [3.63, 3.8) is 0 Å². The first-order valence-electron chi connectivity index (χ1n) is 8.49. The van der Waals surface area contributed by atoms with Crippen LogP contribution in [0.3, 0.4) is 0 Å². The van der Waals surface area contributed by atoms with Crippen molar-refractivity contribution in [1.29, 1.82) is 0 Å². The van der Waals surface area contributed by atoms with Crippen molar-refractivity contribution in [2.45, 2.75) is 18.6 Å². The van der Waals surface area contributed by atoms with Crippen LogP contribution >= 0.6 is 23.4 Å². The molecular formula is C19H18ClFN4O2S. The number of carbonyl (C=O) groups is 1. The Morgan fingerprint density at radius 1 is 1.25 bits per heavy atom. The first-order chi connectivity index (χ1) is 13.6. The van der Waals surface area contributed by atoms with Crippen molar-refractivity contribution < 1.29 is 13.9 Å². The molecule has 9 heteroatoms. The van der Waals surface area contributed by atoms with Gasteiger partial charge in [-0.2, -0.15) is 0 Å². The summed E-state index contributed by atoms with van der Waals surface area (Å²) in [6, 6.07) is 11.5. The summed E-state index contributed by atoms with van der Waals surface area (Å²) in [5.41, 5.74) is 0.551. The predicted octanol–water partition coefficient (Wildman–Crippen LogP) is 4.11. The molecule has 1 heterocycles. The second-order valence-electron chi connectivity index (χ2n) is 5.62. The number of rotatable bonds is 7. The number of aromatic nitrogens is 3. The molecule has 0 bridgehead atoms. The Bertz CT molecular complexity index is 976. The van der Waals surface area contributed by atoms with E-state index < -0.39 is 11.7 Å². The highest BCUT2D eigenvalue weighted by atomic mass is 35.5. The Morgan fingerprint density at radius 3 is 2.75 bits per heavy atom. The molecule has 1 aromatic heterocycles. The van der Waals surface area contributed by atoms with Crippen molar-refractivity contribution in [3.8, 4) is 11.4 Å². The second kappa shape index (κ2) is 9.07. The maximum absolute atomic E-state index is 14.0. The number of hydrogen-bond acceptors (Lipinski definition) is 5. The number of hydrogen-bond donors (Lipinski definition) is 1. The van der Waals surface area contributed by atoms with Crippen LogP contribution in [0.25, 0.3) is 5.69 Å². The third kappa shape index (κ3) is 4.13. The molecule has 2 aromatic carbocycles. The number of thioether (sulfide) groups is 1. The van der Waals surface area contributed by atoms with Gasteiger partial charge < -0.3 is 10.1 Å². The zero-order valence-electron chi connectivity index (χ0n) is 15.3. The first kappa shape index (κ1) is 20.2.